The molecule has 0 unspecified atom stereocenters. The molecule has 1 N–H and O–H groups in total. The zero-order valence-corrected chi connectivity index (χ0v) is 12.6. The van der Waals surface area contributed by atoms with Gasteiger partial charge in [0.2, 0.25) is 0 Å². The van der Waals surface area contributed by atoms with Gasteiger partial charge in [0.1, 0.15) is 5.75 Å². The molecule has 110 valence electrons. The first-order chi connectivity index (χ1) is 10.1. The van der Waals surface area contributed by atoms with Gasteiger partial charge in [-0.25, -0.2) is 0 Å². The highest BCUT2D eigenvalue weighted by molar-refractivity contribution is 5.77. The zero-order valence-electron chi connectivity index (χ0n) is 12.6. The monoisotopic (exact) mass is 284 g/mol. The molecule has 0 saturated carbocycles. The van der Waals surface area contributed by atoms with Crippen molar-refractivity contribution in [2.24, 2.45) is 0 Å². The zero-order chi connectivity index (χ0) is 15.2. The summed E-state index contributed by atoms with van der Waals surface area (Å²) >= 11 is 0. The molecule has 1 aromatic heterocycles. The predicted octanol–water partition coefficient (Wildman–Crippen LogP) is 2.70. The average molecular weight is 284 g/mol. The van der Waals surface area contributed by atoms with Crippen LogP contribution in [0.3, 0.4) is 0 Å². The van der Waals surface area contributed by atoms with Gasteiger partial charge in [-0.15, -0.1) is 0 Å². The normalized spacial score (nSPS) is 10.2. The third-order valence-corrected chi connectivity index (χ3v) is 3.34. The number of hydrogen-bond acceptors (Lipinski definition) is 3. The van der Waals surface area contributed by atoms with Crippen LogP contribution in [-0.2, 0) is 11.3 Å². The number of pyridine rings is 1. The number of hydrogen-bond donors (Lipinski definition) is 1. The second-order valence-corrected chi connectivity index (χ2v) is 5.13. The fourth-order valence-corrected chi connectivity index (χ4v) is 2.05. The Balaban J connectivity index is 1.87. The summed E-state index contributed by atoms with van der Waals surface area (Å²) in [6.07, 6.45) is 3.44. The van der Waals surface area contributed by atoms with E-state index in [2.05, 4.69) is 16.4 Å². The van der Waals surface area contributed by atoms with Crippen LogP contribution >= 0.6 is 0 Å². The van der Waals surface area contributed by atoms with Crippen molar-refractivity contribution in [2.75, 3.05) is 6.61 Å². The molecule has 0 spiro atoms. The van der Waals surface area contributed by atoms with Gasteiger partial charge in [-0.3, -0.25) is 9.78 Å². The number of rotatable bonds is 5. The summed E-state index contributed by atoms with van der Waals surface area (Å²) in [7, 11) is 0. The summed E-state index contributed by atoms with van der Waals surface area (Å²) in [6.45, 7) is 6.53. The van der Waals surface area contributed by atoms with E-state index >= 15 is 0 Å². The molecule has 1 heterocycles. The molecule has 2 rings (SSSR count). The highest BCUT2D eigenvalue weighted by atomic mass is 16.5. The molecule has 21 heavy (non-hydrogen) atoms. The first-order valence-electron chi connectivity index (χ1n) is 6.92. The largest absolute Gasteiger partial charge is 0.483 e. The third kappa shape index (κ3) is 4.31. The van der Waals surface area contributed by atoms with Crippen LogP contribution in [0.15, 0.2) is 36.7 Å². The van der Waals surface area contributed by atoms with Crippen LogP contribution in [0.5, 0.6) is 5.75 Å². The predicted molar refractivity (Wildman–Crippen MR) is 82.2 cm³/mol. The lowest BCUT2D eigenvalue weighted by molar-refractivity contribution is -0.123. The van der Waals surface area contributed by atoms with Crippen LogP contribution < -0.4 is 10.1 Å². The highest BCUT2D eigenvalue weighted by Crippen LogP contribution is 2.23. The van der Waals surface area contributed by atoms with Crippen molar-refractivity contribution < 1.29 is 9.53 Å². The van der Waals surface area contributed by atoms with Crippen molar-refractivity contribution in [1.29, 1.82) is 0 Å². The summed E-state index contributed by atoms with van der Waals surface area (Å²) < 4.78 is 5.62. The minimum Gasteiger partial charge on any atom is -0.483 e. The maximum atomic E-state index is 11.8. The third-order valence-electron chi connectivity index (χ3n) is 3.34. The SMILES string of the molecule is Cc1cc(C)c(C)c(OCC(=O)NCc2cccnc2)c1. The molecule has 4 nitrogen and oxygen atoms in total. The van der Waals surface area contributed by atoms with Gasteiger partial charge in [-0.2, -0.15) is 0 Å². The van der Waals surface area contributed by atoms with Crippen molar-refractivity contribution >= 4 is 5.91 Å². The topological polar surface area (TPSA) is 51.2 Å². The minimum atomic E-state index is -0.141. The second-order valence-electron chi connectivity index (χ2n) is 5.13. The van der Waals surface area contributed by atoms with Crippen LogP contribution in [-0.4, -0.2) is 17.5 Å². The Labute approximate surface area is 125 Å². The Bertz CT molecular complexity index is 624. The van der Waals surface area contributed by atoms with Gasteiger partial charge in [0.25, 0.3) is 5.91 Å². The van der Waals surface area contributed by atoms with Crippen LogP contribution in [0.2, 0.25) is 0 Å². The summed E-state index contributed by atoms with van der Waals surface area (Å²) in [4.78, 5) is 15.8. The molecule has 1 aromatic carbocycles. The molecule has 0 bridgehead atoms. The maximum Gasteiger partial charge on any atom is 0.258 e. The van der Waals surface area contributed by atoms with Crippen molar-refractivity contribution in [2.45, 2.75) is 27.3 Å². The summed E-state index contributed by atoms with van der Waals surface area (Å²) in [5.74, 6) is 0.626. The maximum absolute atomic E-state index is 11.8. The van der Waals surface area contributed by atoms with E-state index in [1.165, 1.54) is 5.56 Å². The van der Waals surface area contributed by atoms with E-state index in [0.29, 0.717) is 6.54 Å². The molecule has 0 aliphatic heterocycles. The van der Waals surface area contributed by atoms with E-state index < -0.39 is 0 Å². The van der Waals surface area contributed by atoms with Crippen molar-refractivity contribution in [3.63, 3.8) is 0 Å². The fourth-order valence-electron chi connectivity index (χ4n) is 2.05. The van der Waals surface area contributed by atoms with Crippen LogP contribution in [0.1, 0.15) is 22.3 Å². The Kier molecular flexibility index (Phi) is 4.93. The molecule has 0 saturated heterocycles. The number of nitrogens with one attached hydrogen (secondary N) is 1. The summed E-state index contributed by atoms with van der Waals surface area (Å²) in [5.41, 5.74) is 4.33. The van der Waals surface area contributed by atoms with E-state index in [1.807, 2.05) is 39.0 Å². The minimum absolute atomic E-state index is 0.0179. The fraction of sp³-hybridized carbons (Fsp3) is 0.294. The number of benzene rings is 1. The number of ether oxygens (including phenoxy) is 1. The summed E-state index contributed by atoms with van der Waals surface area (Å²) in [5, 5.41) is 2.81. The molecule has 4 heteroatoms. The average Bonchev–Trinajstić information content (AvgIpc) is 2.48. The van der Waals surface area contributed by atoms with Crippen LogP contribution in [0.4, 0.5) is 0 Å². The van der Waals surface area contributed by atoms with Gasteiger partial charge in [-0.05, 0) is 55.2 Å². The number of aromatic nitrogens is 1. The Morgan fingerprint density at radius 3 is 2.81 bits per heavy atom. The molecule has 0 radical (unpaired) electrons. The van der Waals surface area contributed by atoms with Crippen molar-refractivity contribution in [3.8, 4) is 5.75 Å². The van der Waals surface area contributed by atoms with Gasteiger partial charge in [0, 0.05) is 18.9 Å². The Morgan fingerprint density at radius 2 is 2.10 bits per heavy atom. The van der Waals surface area contributed by atoms with Crippen molar-refractivity contribution in [3.05, 3.63) is 58.9 Å². The molecule has 1 amide bonds. The van der Waals surface area contributed by atoms with Crippen molar-refractivity contribution in [1.82, 2.24) is 10.3 Å². The summed E-state index contributed by atoms with van der Waals surface area (Å²) in [6, 6.07) is 7.82. The van der Waals surface area contributed by atoms with Gasteiger partial charge in [0.05, 0.1) is 0 Å². The first kappa shape index (κ1) is 15.0. The molecular formula is C17H20N2O2. The lowest BCUT2D eigenvalue weighted by Gasteiger charge is -2.12. The van der Waals surface area contributed by atoms with Gasteiger partial charge in [-0.1, -0.05) is 12.1 Å². The smallest absolute Gasteiger partial charge is 0.258 e. The number of carbonyl (C=O) groups is 1. The van der Waals surface area contributed by atoms with E-state index in [4.69, 9.17) is 4.74 Å². The second kappa shape index (κ2) is 6.88. The molecule has 0 fully saturated rings. The quantitative estimate of drug-likeness (QED) is 0.918. The number of amides is 1. The molecule has 0 aliphatic rings. The van der Waals surface area contributed by atoms with E-state index in [1.54, 1.807) is 12.4 Å². The molecule has 0 aliphatic carbocycles. The van der Waals surface area contributed by atoms with Gasteiger partial charge in [0.15, 0.2) is 6.61 Å². The molecule has 2 aromatic rings. The molecular weight excluding hydrogens is 264 g/mol. The van der Waals surface area contributed by atoms with E-state index in [9.17, 15) is 4.79 Å². The van der Waals surface area contributed by atoms with Gasteiger partial charge < -0.3 is 10.1 Å². The number of aryl methyl sites for hydroxylation is 2. The van der Waals surface area contributed by atoms with E-state index in [-0.39, 0.29) is 12.5 Å². The standard InChI is InChI=1S/C17H20N2O2/c1-12-7-13(2)14(3)16(8-12)21-11-17(20)19-10-15-5-4-6-18-9-15/h4-9H,10-11H2,1-3H3,(H,19,20). The highest BCUT2D eigenvalue weighted by Gasteiger charge is 2.07. The van der Waals surface area contributed by atoms with Gasteiger partial charge >= 0.3 is 0 Å². The van der Waals surface area contributed by atoms with Crippen LogP contribution in [0.25, 0.3) is 0 Å². The van der Waals surface area contributed by atoms with Crippen LogP contribution in [0, 0.1) is 20.8 Å². The lowest BCUT2D eigenvalue weighted by Crippen LogP contribution is -2.28. The Hall–Kier alpha value is -2.36. The van der Waals surface area contributed by atoms with E-state index in [0.717, 1.165) is 22.4 Å². The number of nitrogens with zero attached hydrogens (tertiary/aromatic N) is 1. The number of carbonyl (C=O) groups excluding carboxylic acids is 1. The lowest BCUT2D eigenvalue weighted by atomic mass is 10.1. The first-order valence-corrected chi connectivity index (χ1v) is 6.92. The molecule has 0 atom stereocenters. The Morgan fingerprint density at radius 1 is 1.29 bits per heavy atom.